The van der Waals surface area contributed by atoms with Crippen molar-refractivity contribution in [1.82, 2.24) is 14.7 Å². The lowest BCUT2D eigenvalue weighted by atomic mass is 10.1. The molecule has 0 saturated carbocycles. The van der Waals surface area contributed by atoms with Crippen LogP contribution < -0.4 is 0 Å². The third-order valence-electron chi connectivity index (χ3n) is 2.36. The van der Waals surface area contributed by atoms with Gasteiger partial charge in [0.05, 0.1) is 18.2 Å². The third kappa shape index (κ3) is 1.48. The fourth-order valence-electron chi connectivity index (χ4n) is 1.55. The number of carboxylic acids is 1. The minimum atomic E-state index is -1.03. The molecule has 6 nitrogen and oxygen atoms in total. The van der Waals surface area contributed by atoms with Gasteiger partial charge in [0.25, 0.3) is 0 Å². The first-order chi connectivity index (χ1) is 7.65. The van der Waals surface area contributed by atoms with E-state index < -0.39 is 5.97 Å². The Labute approximate surface area is 91.5 Å². The second-order valence-corrected chi connectivity index (χ2v) is 3.38. The van der Waals surface area contributed by atoms with Crippen LogP contribution in [0, 0.1) is 0 Å². The average molecular weight is 221 g/mol. The van der Waals surface area contributed by atoms with Gasteiger partial charge in [-0.1, -0.05) is 12.1 Å². The van der Waals surface area contributed by atoms with Gasteiger partial charge < -0.3 is 14.2 Å². The second kappa shape index (κ2) is 3.80. The van der Waals surface area contributed by atoms with E-state index in [1.807, 2.05) is 6.92 Å². The highest BCUT2D eigenvalue weighted by molar-refractivity contribution is 5.95. The van der Waals surface area contributed by atoms with Gasteiger partial charge in [0, 0.05) is 13.5 Å². The van der Waals surface area contributed by atoms with E-state index in [2.05, 4.69) is 10.1 Å². The number of rotatable bonds is 3. The molecule has 2 aromatic heterocycles. The average Bonchev–Trinajstić information content (AvgIpc) is 2.82. The minimum absolute atomic E-state index is 0.117. The van der Waals surface area contributed by atoms with Crippen LogP contribution in [0.1, 0.15) is 23.0 Å². The van der Waals surface area contributed by atoms with Crippen molar-refractivity contribution in [3.8, 4) is 11.4 Å². The molecule has 0 spiro atoms. The van der Waals surface area contributed by atoms with Crippen molar-refractivity contribution in [2.75, 3.05) is 0 Å². The molecule has 0 saturated heterocycles. The van der Waals surface area contributed by atoms with E-state index >= 15 is 0 Å². The van der Waals surface area contributed by atoms with Gasteiger partial charge in [0.2, 0.25) is 0 Å². The normalized spacial score (nSPS) is 10.6. The topological polar surface area (TPSA) is 81.2 Å². The van der Waals surface area contributed by atoms with E-state index in [-0.39, 0.29) is 5.56 Å². The highest BCUT2D eigenvalue weighted by atomic mass is 16.5. The molecular weight excluding hydrogens is 210 g/mol. The first-order valence-corrected chi connectivity index (χ1v) is 4.83. The maximum atomic E-state index is 11.1. The summed E-state index contributed by atoms with van der Waals surface area (Å²) in [6.45, 7) is 1.82. The third-order valence-corrected chi connectivity index (χ3v) is 2.36. The summed E-state index contributed by atoms with van der Waals surface area (Å²) in [5, 5.41) is 12.9. The van der Waals surface area contributed by atoms with Crippen LogP contribution in [0.2, 0.25) is 0 Å². The molecule has 0 radical (unpaired) electrons. The summed E-state index contributed by atoms with van der Waals surface area (Å²) in [6, 6.07) is 0. The van der Waals surface area contributed by atoms with Gasteiger partial charge in [0.15, 0.2) is 5.76 Å². The van der Waals surface area contributed by atoms with Gasteiger partial charge in [-0.05, 0) is 0 Å². The van der Waals surface area contributed by atoms with Crippen molar-refractivity contribution < 1.29 is 14.4 Å². The van der Waals surface area contributed by atoms with Crippen molar-refractivity contribution in [1.29, 1.82) is 0 Å². The van der Waals surface area contributed by atoms with Crippen LogP contribution in [0.5, 0.6) is 0 Å². The molecule has 1 N–H and O–H groups in total. The number of hydrogen-bond donors (Lipinski definition) is 1. The Morgan fingerprint density at radius 1 is 1.62 bits per heavy atom. The maximum Gasteiger partial charge on any atom is 0.341 e. The zero-order chi connectivity index (χ0) is 11.7. The molecule has 0 aliphatic heterocycles. The number of carbonyl (C=O) groups is 1. The smallest absolute Gasteiger partial charge is 0.341 e. The highest BCUT2D eigenvalue weighted by Gasteiger charge is 2.23. The molecule has 0 aliphatic carbocycles. The van der Waals surface area contributed by atoms with Crippen LogP contribution in [0.4, 0.5) is 0 Å². The van der Waals surface area contributed by atoms with Gasteiger partial charge in [-0.25, -0.2) is 9.78 Å². The van der Waals surface area contributed by atoms with E-state index in [0.717, 1.165) is 0 Å². The van der Waals surface area contributed by atoms with E-state index in [1.54, 1.807) is 24.1 Å². The number of carboxylic acid groups (broad SMARTS) is 1. The minimum Gasteiger partial charge on any atom is -0.477 e. The molecule has 0 aliphatic rings. The van der Waals surface area contributed by atoms with Crippen LogP contribution in [-0.4, -0.2) is 25.8 Å². The lowest BCUT2D eigenvalue weighted by Gasteiger charge is -1.98. The summed E-state index contributed by atoms with van der Waals surface area (Å²) >= 11 is 0. The van der Waals surface area contributed by atoms with E-state index in [1.165, 1.54) is 0 Å². The van der Waals surface area contributed by atoms with Crippen LogP contribution >= 0.6 is 0 Å². The van der Waals surface area contributed by atoms with Gasteiger partial charge >= 0.3 is 5.97 Å². The summed E-state index contributed by atoms with van der Waals surface area (Å²) in [5.41, 5.74) is 1.07. The number of imidazole rings is 1. The molecule has 0 fully saturated rings. The van der Waals surface area contributed by atoms with E-state index in [0.29, 0.717) is 23.6 Å². The zero-order valence-corrected chi connectivity index (χ0v) is 8.97. The van der Waals surface area contributed by atoms with Crippen LogP contribution in [0.25, 0.3) is 11.4 Å². The number of nitrogens with zero attached hydrogens (tertiary/aromatic N) is 3. The number of aromatic carboxylic acids is 1. The monoisotopic (exact) mass is 221 g/mol. The number of aryl methyl sites for hydroxylation is 2. The maximum absolute atomic E-state index is 11.1. The summed E-state index contributed by atoms with van der Waals surface area (Å²) in [5.74, 6) is -0.655. The molecular formula is C10H11N3O3. The second-order valence-electron chi connectivity index (χ2n) is 3.38. The van der Waals surface area contributed by atoms with Crippen molar-refractivity contribution in [3.05, 3.63) is 23.8 Å². The summed E-state index contributed by atoms with van der Waals surface area (Å²) in [4.78, 5) is 15.1. The summed E-state index contributed by atoms with van der Waals surface area (Å²) < 4.78 is 6.71. The van der Waals surface area contributed by atoms with Gasteiger partial charge in [-0.3, -0.25) is 0 Å². The van der Waals surface area contributed by atoms with Gasteiger partial charge in [-0.15, -0.1) is 0 Å². The first-order valence-electron chi connectivity index (χ1n) is 4.83. The molecule has 0 unspecified atom stereocenters. The van der Waals surface area contributed by atoms with Crippen molar-refractivity contribution in [2.45, 2.75) is 13.3 Å². The Morgan fingerprint density at radius 3 is 2.88 bits per heavy atom. The van der Waals surface area contributed by atoms with Crippen molar-refractivity contribution in [2.24, 2.45) is 7.05 Å². The van der Waals surface area contributed by atoms with E-state index in [4.69, 9.17) is 9.63 Å². The predicted octanol–water partition coefficient (Wildman–Crippen LogP) is 1.34. The van der Waals surface area contributed by atoms with Crippen LogP contribution in [0.15, 0.2) is 17.0 Å². The first kappa shape index (κ1) is 10.4. The van der Waals surface area contributed by atoms with Gasteiger partial charge in [-0.2, -0.15) is 0 Å². The van der Waals surface area contributed by atoms with Crippen LogP contribution in [-0.2, 0) is 13.5 Å². The Balaban J connectivity index is 2.62. The lowest BCUT2D eigenvalue weighted by molar-refractivity contribution is 0.0695. The highest BCUT2D eigenvalue weighted by Crippen LogP contribution is 2.25. The fourth-order valence-corrected chi connectivity index (χ4v) is 1.55. The molecule has 84 valence electrons. The standard InChI is InChI=1S/C10H11N3O3/c1-3-7-8(10(14)15)9(12-16-7)6-4-11-5-13(6)2/h4-5H,3H2,1-2H3,(H,14,15). The van der Waals surface area contributed by atoms with Gasteiger partial charge in [0.1, 0.15) is 11.3 Å². The van der Waals surface area contributed by atoms with E-state index in [9.17, 15) is 4.79 Å². The van der Waals surface area contributed by atoms with Crippen molar-refractivity contribution >= 4 is 5.97 Å². The molecule has 0 amide bonds. The SMILES string of the molecule is CCc1onc(-c2cncn2C)c1C(=O)O. The summed E-state index contributed by atoms with van der Waals surface area (Å²) in [7, 11) is 1.77. The van der Waals surface area contributed by atoms with Crippen molar-refractivity contribution in [3.63, 3.8) is 0 Å². The molecule has 0 aromatic carbocycles. The molecule has 2 rings (SSSR count). The number of aromatic nitrogens is 3. The molecule has 0 atom stereocenters. The quantitative estimate of drug-likeness (QED) is 0.845. The Kier molecular flexibility index (Phi) is 2.47. The molecule has 2 heterocycles. The molecule has 0 bridgehead atoms. The Hall–Kier alpha value is -2.11. The number of hydrogen-bond acceptors (Lipinski definition) is 4. The Bertz CT molecular complexity index is 527. The molecule has 16 heavy (non-hydrogen) atoms. The largest absolute Gasteiger partial charge is 0.477 e. The lowest BCUT2D eigenvalue weighted by Crippen LogP contribution is -2.02. The Morgan fingerprint density at radius 2 is 2.38 bits per heavy atom. The van der Waals surface area contributed by atoms with Crippen LogP contribution in [0.3, 0.4) is 0 Å². The predicted molar refractivity (Wildman–Crippen MR) is 55.0 cm³/mol. The molecule has 2 aromatic rings. The molecule has 6 heteroatoms. The fraction of sp³-hybridized carbons (Fsp3) is 0.300. The summed E-state index contributed by atoms with van der Waals surface area (Å²) in [6.07, 6.45) is 3.64. The zero-order valence-electron chi connectivity index (χ0n) is 8.97.